The van der Waals surface area contributed by atoms with Gasteiger partial charge in [-0.1, -0.05) is 12.2 Å². The number of aromatic amines is 1. The molecular formula is C10H14F3N2O12P3S2. The minimum atomic E-state index is -5.91. The van der Waals surface area contributed by atoms with Crippen molar-refractivity contribution in [3.05, 3.63) is 21.4 Å². The van der Waals surface area contributed by atoms with Gasteiger partial charge in [0.2, 0.25) is 0 Å². The molecule has 1 aliphatic rings. The van der Waals surface area contributed by atoms with Crippen LogP contribution >= 0.6 is 47.9 Å². The number of aliphatic hydroxyl groups excluding tert-OH is 1. The van der Waals surface area contributed by atoms with Crippen LogP contribution in [0.2, 0.25) is 0 Å². The Morgan fingerprint density at radius 1 is 1.19 bits per heavy atom. The normalized spacial score (nSPS) is 32.4. The fraction of sp³-hybridized carbons (Fsp3) is 0.600. The first-order valence-electron chi connectivity index (χ1n) is 7.72. The molecule has 32 heavy (non-hydrogen) atoms. The van der Waals surface area contributed by atoms with E-state index < -0.39 is 69.2 Å². The van der Waals surface area contributed by atoms with Gasteiger partial charge < -0.3 is 34.4 Å². The van der Waals surface area contributed by atoms with Crippen LogP contribution in [0.1, 0.15) is 13.2 Å². The van der Waals surface area contributed by atoms with E-state index in [-0.39, 0.29) is 0 Å². The van der Waals surface area contributed by atoms with Gasteiger partial charge in [0.1, 0.15) is 11.2 Å². The molecule has 6 N–H and O–H groups in total. The molecule has 0 spiro atoms. The Balaban J connectivity index is 2.26. The quantitative estimate of drug-likeness (QED) is 0.196. The molecule has 1 saturated heterocycles. The minimum absolute atomic E-state index is 0.449. The Hall–Kier alpha value is -0.360. The molecule has 0 aromatic carbocycles. The maximum Gasteiger partial charge on any atom is 0.490 e. The van der Waals surface area contributed by atoms with E-state index in [0.717, 1.165) is 0 Å². The molecule has 6 atom stereocenters. The molecule has 3 unspecified atom stereocenters. The van der Waals surface area contributed by atoms with Crippen LogP contribution in [0, 0.1) is 15.2 Å². The van der Waals surface area contributed by atoms with Gasteiger partial charge in [-0.3, -0.25) is 9.09 Å². The molecular weight excluding hydrogens is 554 g/mol. The van der Waals surface area contributed by atoms with Gasteiger partial charge in [-0.25, -0.2) is 26.9 Å². The summed E-state index contributed by atoms with van der Waals surface area (Å²) >= 11 is 9.43. The highest BCUT2D eigenvalue weighted by molar-refractivity contribution is 7.72. The van der Waals surface area contributed by atoms with Crippen molar-refractivity contribution in [2.75, 3.05) is 6.61 Å². The van der Waals surface area contributed by atoms with Crippen molar-refractivity contribution in [2.24, 2.45) is 0 Å². The zero-order chi connectivity index (χ0) is 24.9. The van der Waals surface area contributed by atoms with Crippen LogP contribution in [0.3, 0.4) is 0 Å². The Kier molecular flexibility index (Phi) is 7.86. The molecule has 0 saturated carbocycles. The first-order chi connectivity index (χ1) is 14.2. The molecule has 14 nitrogen and oxygen atoms in total. The molecule has 1 aliphatic heterocycles. The standard InChI is InChI=1S/C10H14F3N2O12P3S2/c1-9(12)6(16)10(13,25-7(9)15-2-4(11)5(31)14-8(15)32)3-24-29(20,21)27-30(22,23)26-28(17,18)19/h2,6-7,16H,3H2,1H3,(H,20,21)(H,22,23)(H,14,31,32)(H2,17,18,19)/t6?,7-,9-,10-/m1/s1. The van der Waals surface area contributed by atoms with Gasteiger partial charge in [-0.2, -0.15) is 8.62 Å². The summed E-state index contributed by atoms with van der Waals surface area (Å²) in [5.74, 6) is -4.76. The summed E-state index contributed by atoms with van der Waals surface area (Å²) in [4.78, 5) is 37.5. The summed E-state index contributed by atoms with van der Waals surface area (Å²) < 4.78 is 92.8. The van der Waals surface area contributed by atoms with Crippen LogP contribution in [0.4, 0.5) is 13.2 Å². The molecule has 1 aromatic rings. The molecule has 2 rings (SSSR count). The van der Waals surface area contributed by atoms with Crippen LogP contribution in [0.5, 0.6) is 0 Å². The number of ether oxygens (including phenoxy) is 1. The molecule has 0 aliphatic carbocycles. The van der Waals surface area contributed by atoms with Gasteiger partial charge in [0.05, 0.1) is 0 Å². The van der Waals surface area contributed by atoms with E-state index in [1.807, 2.05) is 0 Å². The highest BCUT2D eigenvalue weighted by atomic mass is 32.1. The number of hydrogen-bond acceptors (Lipinski definition) is 10. The second kappa shape index (κ2) is 9.02. The van der Waals surface area contributed by atoms with Crippen molar-refractivity contribution in [3.8, 4) is 0 Å². The van der Waals surface area contributed by atoms with E-state index in [4.69, 9.17) is 31.6 Å². The highest BCUT2D eigenvalue weighted by Crippen LogP contribution is 2.66. The van der Waals surface area contributed by atoms with Crippen LogP contribution in [0.25, 0.3) is 0 Å². The molecule has 0 amide bonds. The van der Waals surface area contributed by atoms with E-state index in [0.29, 0.717) is 17.7 Å². The van der Waals surface area contributed by atoms with E-state index in [1.165, 1.54) is 0 Å². The molecule has 22 heteroatoms. The van der Waals surface area contributed by atoms with Crippen molar-refractivity contribution in [1.29, 1.82) is 0 Å². The number of alkyl halides is 2. The van der Waals surface area contributed by atoms with E-state index in [1.54, 1.807) is 0 Å². The molecule has 0 bridgehead atoms. The summed E-state index contributed by atoms with van der Waals surface area (Å²) in [5.41, 5.74) is -3.06. The van der Waals surface area contributed by atoms with Crippen molar-refractivity contribution >= 4 is 47.9 Å². The molecule has 1 aromatic heterocycles. The van der Waals surface area contributed by atoms with Gasteiger partial charge in [0.25, 0.3) is 5.85 Å². The monoisotopic (exact) mass is 568 g/mol. The smallest absolute Gasteiger partial charge is 0.384 e. The Morgan fingerprint density at radius 3 is 2.28 bits per heavy atom. The number of aromatic nitrogens is 2. The molecule has 2 heterocycles. The van der Waals surface area contributed by atoms with Crippen molar-refractivity contribution in [1.82, 2.24) is 9.55 Å². The number of rotatable bonds is 8. The van der Waals surface area contributed by atoms with Crippen molar-refractivity contribution in [2.45, 2.75) is 30.8 Å². The number of phosphoric acid groups is 3. The number of halogens is 3. The van der Waals surface area contributed by atoms with E-state index >= 15 is 8.78 Å². The third-order valence-electron chi connectivity index (χ3n) is 3.75. The largest absolute Gasteiger partial charge is 0.490 e. The Morgan fingerprint density at radius 2 is 1.75 bits per heavy atom. The minimum Gasteiger partial charge on any atom is -0.384 e. The van der Waals surface area contributed by atoms with Gasteiger partial charge in [0, 0.05) is 6.20 Å². The fourth-order valence-electron chi connectivity index (χ4n) is 2.47. The summed E-state index contributed by atoms with van der Waals surface area (Å²) in [6.45, 7) is -1.21. The maximum absolute atomic E-state index is 15.1. The second-order valence-corrected chi connectivity index (χ2v) is 11.5. The Bertz CT molecular complexity index is 1160. The predicted molar refractivity (Wildman–Crippen MR) is 99.7 cm³/mol. The van der Waals surface area contributed by atoms with Gasteiger partial charge >= 0.3 is 23.5 Å². The fourth-order valence-corrected chi connectivity index (χ4v) is 5.97. The number of phosphoric ester groups is 1. The summed E-state index contributed by atoms with van der Waals surface area (Å²) in [5, 5.41) is 10.0. The van der Waals surface area contributed by atoms with Crippen LogP contribution in [-0.2, 0) is 31.6 Å². The lowest BCUT2D eigenvalue weighted by atomic mass is 9.97. The van der Waals surface area contributed by atoms with Gasteiger partial charge in [-0.05, 0) is 19.1 Å². The van der Waals surface area contributed by atoms with Gasteiger partial charge in [0.15, 0.2) is 28.6 Å². The summed E-state index contributed by atoms with van der Waals surface area (Å²) in [6, 6.07) is 0. The summed E-state index contributed by atoms with van der Waals surface area (Å²) in [7, 11) is -17.4. The SMILES string of the molecule is C[C@@]1(F)C(O)[C@@](F)(COP(=O)(O)OP(=O)(O)OP(=O)(O)O)O[C@H]1n1cc(F)c(=S)[nH]c1=S. The van der Waals surface area contributed by atoms with Crippen LogP contribution < -0.4 is 0 Å². The third kappa shape index (κ3) is 6.40. The topological polar surface area (TPSA) is 210 Å². The number of aliphatic hydroxyl groups is 1. The zero-order valence-corrected chi connectivity index (χ0v) is 19.6. The zero-order valence-electron chi connectivity index (χ0n) is 15.3. The summed E-state index contributed by atoms with van der Waals surface area (Å²) in [6.07, 6.45) is -4.38. The average molecular weight is 568 g/mol. The first-order valence-corrected chi connectivity index (χ1v) is 13.1. The van der Waals surface area contributed by atoms with Crippen molar-refractivity contribution in [3.63, 3.8) is 0 Å². The Labute approximate surface area is 186 Å². The molecule has 0 radical (unpaired) electrons. The number of hydrogen-bond donors (Lipinski definition) is 6. The average Bonchev–Trinajstić information content (AvgIpc) is 2.74. The number of nitrogens with one attached hydrogen (secondary N) is 1. The number of H-pyrrole nitrogens is 1. The maximum atomic E-state index is 15.1. The predicted octanol–water partition coefficient (Wildman–Crippen LogP) is 2.04. The van der Waals surface area contributed by atoms with E-state index in [9.17, 15) is 28.1 Å². The van der Waals surface area contributed by atoms with Crippen LogP contribution in [-0.4, -0.2) is 58.5 Å². The lowest BCUT2D eigenvalue weighted by Crippen LogP contribution is -2.46. The molecule has 184 valence electrons. The highest BCUT2D eigenvalue weighted by Gasteiger charge is 2.65. The molecule has 1 fully saturated rings. The number of nitrogens with zero attached hydrogens (tertiary/aromatic N) is 1. The van der Waals surface area contributed by atoms with E-state index in [2.05, 4.69) is 30.3 Å². The van der Waals surface area contributed by atoms with Gasteiger partial charge in [-0.15, -0.1) is 0 Å². The first kappa shape index (κ1) is 27.9. The lowest BCUT2D eigenvalue weighted by molar-refractivity contribution is -0.204. The van der Waals surface area contributed by atoms with Crippen LogP contribution in [0.15, 0.2) is 6.20 Å². The van der Waals surface area contributed by atoms with Crippen molar-refractivity contribution < 1.29 is 69.4 Å². The third-order valence-corrected chi connectivity index (χ3v) is 8.14. The lowest BCUT2D eigenvalue weighted by Gasteiger charge is -2.26. The second-order valence-electron chi connectivity index (χ2n) is 6.32.